The number of carbonyl (C=O) groups excluding carboxylic acids is 2. The maximum atomic E-state index is 11.3. The molecule has 6 heteroatoms. The van der Waals surface area contributed by atoms with E-state index in [1.807, 2.05) is 26.0 Å². The van der Waals surface area contributed by atoms with Crippen molar-refractivity contribution in [2.45, 2.75) is 13.8 Å². The topological polar surface area (TPSA) is 94.3 Å². The third-order valence-corrected chi connectivity index (χ3v) is 3.47. The van der Waals surface area contributed by atoms with Gasteiger partial charge in [-0.05, 0) is 54.3 Å². The van der Waals surface area contributed by atoms with Gasteiger partial charge >= 0.3 is 6.09 Å². The number of aryl methyl sites for hydroxylation is 2. The SMILES string of the molecule is CNC(=O)Oc1cc(C)c(/C=C/c2cncc(C(N)=O)c2)c(C)c1. The largest absolute Gasteiger partial charge is 0.412 e. The van der Waals surface area contributed by atoms with Gasteiger partial charge in [0.1, 0.15) is 5.75 Å². The number of pyridine rings is 1. The van der Waals surface area contributed by atoms with Crippen LogP contribution in [0.3, 0.4) is 0 Å². The zero-order chi connectivity index (χ0) is 17.7. The Kier molecular flexibility index (Phi) is 5.31. The molecular weight excluding hydrogens is 306 g/mol. The van der Waals surface area contributed by atoms with E-state index in [9.17, 15) is 9.59 Å². The molecule has 1 heterocycles. The van der Waals surface area contributed by atoms with Crippen molar-refractivity contribution in [2.24, 2.45) is 5.73 Å². The van der Waals surface area contributed by atoms with E-state index in [1.165, 1.54) is 13.2 Å². The van der Waals surface area contributed by atoms with Crippen molar-refractivity contribution >= 4 is 24.2 Å². The average Bonchev–Trinajstić information content (AvgIpc) is 2.54. The van der Waals surface area contributed by atoms with E-state index in [-0.39, 0.29) is 0 Å². The van der Waals surface area contributed by atoms with Gasteiger partial charge in [0, 0.05) is 19.4 Å². The minimum absolute atomic E-state index is 0.361. The van der Waals surface area contributed by atoms with Crippen LogP contribution in [0.15, 0.2) is 30.6 Å². The monoisotopic (exact) mass is 325 g/mol. The first-order chi connectivity index (χ1) is 11.4. The molecule has 2 aromatic rings. The van der Waals surface area contributed by atoms with E-state index in [0.29, 0.717) is 11.3 Å². The number of hydrogen-bond donors (Lipinski definition) is 2. The number of nitrogens with zero attached hydrogens (tertiary/aromatic N) is 1. The molecule has 0 aliphatic heterocycles. The van der Waals surface area contributed by atoms with Crippen LogP contribution in [0.2, 0.25) is 0 Å². The summed E-state index contributed by atoms with van der Waals surface area (Å²) in [6, 6.07) is 5.26. The summed E-state index contributed by atoms with van der Waals surface area (Å²) < 4.78 is 5.15. The fourth-order valence-corrected chi connectivity index (χ4v) is 2.28. The normalized spacial score (nSPS) is 10.6. The molecule has 0 aliphatic rings. The molecule has 0 atom stereocenters. The zero-order valence-corrected chi connectivity index (χ0v) is 13.8. The summed E-state index contributed by atoms with van der Waals surface area (Å²) >= 11 is 0. The molecule has 24 heavy (non-hydrogen) atoms. The highest BCUT2D eigenvalue weighted by Crippen LogP contribution is 2.24. The molecule has 6 nitrogen and oxygen atoms in total. The van der Waals surface area contributed by atoms with Crippen molar-refractivity contribution in [3.63, 3.8) is 0 Å². The summed E-state index contributed by atoms with van der Waals surface area (Å²) in [5.41, 5.74) is 9.32. The van der Waals surface area contributed by atoms with Crippen LogP contribution in [-0.4, -0.2) is 24.0 Å². The number of aromatic nitrogens is 1. The standard InChI is InChI=1S/C18H19N3O3/c1-11-6-15(24-18(23)20-3)7-12(2)16(11)5-4-13-8-14(17(19)22)10-21-9-13/h4-10H,1-3H3,(H2,19,22)(H,20,23)/b5-4+. The molecule has 0 unspecified atom stereocenters. The maximum absolute atomic E-state index is 11.3. The lowest BCUT2D eigenvalue weighted by atomic mass is 10.0. The Hall–Kier alpha value is -3.15. The van der Waals surface area contributed by atoms with Crippen molar-refractivity contribution < 1.29 is 14.3 Å². The molecule has 124 valence electrons. The van der Waals surface area contributed by atoms with Gasteiger partial charge in [-0.3, -0.25) is 9.78 Å². The number of amides is 2. The first-order valence-electron chi connectivity index (χ1n) is 7.34. The van der Waals surface area contributed by atoms with E-state index >= 15 is 0 Å². The van der Waals surface area contributed by atoms with Crippen molar-refractivity contribution in [3.8, 4) is 5.75 Å². The lowest BCUT2D eigenvalue weighted by Gasteiger charge is -2.10. The molecule has 1 aromatic carbocycles. The molecule has 0 saturated carbocycles. The second-order valence-electron chi connectivity index (χ2n) is 5.31. The highest BCUT2D eigenvalue weighted by atomic mass is 16.5. The molecule has 2 rings (SSSR count). The third kappa shape index (κ3) is 4.19. The number of ether oxygens (including phenoxy) is 1. The minimum Gasteiger partial charge on any atom is -0.410 e. The van der Waals surface area contributed by atoms with Gasteiger partial charge < -0.3 is 15.8 Å². The van der Waals surface area contributed by atoms with Gasteiger partial charge in [0.15, 0.2) is 0 Å². The molecule has 3 N–H and O–H groups in total. The molecular formula is C18H19N3O3. The molecule has 0 saturated heterocycles. The summed E-state index contributed by atoms with van der Waals surface area (Å²) in [5, 5.41) is 2.41. The van der Waals surface area contributed by atoms with Crippen LogP contribution in [0.25, 0.3) is 12.2 Å². The Morgan fingerprint density at radius 3 is 2.38 bits per heavy atom. The van der Waals surface area contributed by atoms with E-state index in [2.05, 4.69) is 10.3 Å². The lowest BCUT2D eigenvalue weighted by molar-refractivity contribution is 0.1000. The molecule has 0 fully saturated rings. The molecule has 1 aromatic heterocycles. The van der Waals surface area contributed by atoms with Crippen LogP contribution in [0.4, 0.5) is 4.79 Å². The molecule has 0 bridgehead atoms. The fraction of sp³-hybridized carbons (Fsp3) is 0.167. The zero-order valence-electron chi connectivity index (χ0n) is 13.8. The van der Waals surface area contributed by atoms with Gasteiger partial charge in [-0.1, -0.05) is 12.2 Å². The molecule has 0 spiro atoms. The summed E-state index contributed by atoms with van der Waals surface area (Å²) in [7, 11) is 1.51. The Bertz CT molecular complexity index is 790. The highest BCUT2D eigenvalue weighted by molar-refractivity contribution is 5.93. The number of primary amides is 1. The Balaban J connectivity index is 2.28. The van der Waals surface area contributed by atoms with Gasteiger partial charge in [0.2, 0.25) is 5.91 Å². The van der Waals surface area contributed by atoms with Crippen molar-refractivity contribution in [1.29, 1.82) is 0 Å². The van der Waals surface area contributed by atoms with Crippen LogP contribution in [0.5, 0.6) is 5.75 Å². The summed E-state index contributed by atoms with van der Waals surface area (Å²) in [5.74, 6) is -0.0280. The summed E-state index contributed by atoms with van der Waals surface area (Å²) in [4.78, 5) is 26.5. The first-order valence-corrected chi connectivity index (χ1v) is 7.34. The van der Waals surface area contributed by atoms with Crippen LogP contribution in [0, 0.1) is 13.8 Å². The minimum atomic E-state index is -0.513. The highest BCUT2D eigenvalue weighted by Gasteiger charge is 2.07. The number of nitrogens with one attached hydrogen (secondary N) is 1. The average molecular weight is 325 g/mol. The molecule has 2 amide bonds. The first kappa shape index (κ1) is 17.2. The Morgan fingerprint density at radius 1 is 1.12 bits per heavy atom. The van der Waals surface area contributed by atoms with Crippen LogP contribution >= 0.6 is 0 Å². The van der Waals surface area contributed by atoms with E-state index in [1.54, 1.807) is 24.4 Å². The predicted octanol–water partition coefficient (Wildman–Crippen LogP) is 2.69. The number of hydrogen-bond acceptors (Lipinski definition) is 4. The molecule has 0 radical (unpaired) electrons. The predicted molar refractivity (Wildman–Crippen MR) is 92.7 cm³/mol. The van der Waals surface area contributed by atoms with Crippen LogP contribution in [0.1, 0.15) is 32.6 Å². The van der Waals surface area contributed by atoms with Crippen molar-refractivity contribution in [2.75, 3.05) is 7.05 Å². The van der Waals surface area contributed by atoms with Gasteiger partial charge in [-0.15, -0.1) is 0 Å². The van der Waals surface area contributed by atoms with Gasteiger partial charge in [-0.2, -0.15) is 0 Å². The maximum Gasteiger partial charge on any atom is 0.412 e. The fourth-order valence-electron chi connectivity index (χ4n) is 2.28. The Labute approximate surface area is 140 Å². The second-order valence-corrected chi connectivity index (χ2v) is 5.31. The number of carbonyl (C=O) groups is 2. The summed E-state index contributed by atoms with van der Waals surface area (Å²) in [6.07, 6.45) is 6.36. The van der Waals surface area contributed by atoms with Gasteiger partial charge in [0.25, 0.3) is 0 Å². The van der Waals surface area contributed by atoms with E-state index < -0.39 is 12.0 Å². The summed E-state index contributed by atoms with van der Waals surface area (Å²) in [6.45, 7) is 3.86. The lowest BCUT2D eigenvalue weighted by Crippen LogP contribution is -2.22. The van der Waals surface area contributed by atoms with Crippen LogP contribution in [-0.2, 0) is 0 Å². The van der Waals surface area contributed by atoms with Crippen LogP contribution < -0.4 is 15.8 Å². The van der Waals surface area contributed by atoms with E-state index in [0.717, 1.165) is 22.3 Å². The number of nitrogens with two attached hydrogens (primary N) is 1. The van der Waals surface area contributed by atoms with Crippen molar-refractivity contribution in [3.05, 3.63) is 58.4 Å². The molecule has 0 aliphatic carbocycles. The third-order valence-electron chi connectivity index (χ3n) is 3.47. The smallest absolute Gasteiger partial charge is 0.410 e. The van der Waals surface area contributed by atoms with Gasteiger partial charge in [0.05, 0.1) is 5.56 Å². The number of rotatable bonds is 4. The Morgan fingerprint density at radius 2 is 1.79 bits per heavy atom. The second kappa shape index (κ2) is 7.41. The van der Waals surface area contributed by atoms with E-state index in [4.69, 9.17) is 10.5 Å². The number of benzene rings is 1. The quantitative estimate of drug-likeness (QED) is 0.903. The van der Waals surface area contributed by atoms with Gasteiger partial charge in [-0.25, -0.2) is 4.79 Å². The van der Waals surface area contributed by atoms with Crippen molar-refractivity contribution in [1.82, 2.24) is 10.3 Å².